The quantitative estimate of drug-likeness (QED) is 0.515. The zero-order valence-corrected chi connectivity index (χ0v) is 16.3. The van der Waals surface area contributed by atoms with Gasteiger partial charge in [-0.15, -0.1) is 0 Å². The van der Waals surface area contributed by atoms with Crippen molar-refractivity contribution in [2.75, 3.05) is 11.9 Å². The number of anilines is 1. The summed E-state index contributed by atoms with van der Waals surface area (Å²) >= 11 is 0. The lowest BCUT2D eigenvalue weighted by molar-refractivity contribution is -0.153. The monoisotopic (exact) mass is 394 g/mol. The number of nitrogens with zero attached hydrogens (tertiary/aromatic N) is 1. The molecule has 0 bridgehead atoms. The van der Waals surface area contributed by atoms with Crippen molar-refractivity contribution in [3.8, 4) is 11.8 Å². The average molecular weight is 394 g/mol. The van der Waals surface area contributed by atoms with E-state index in [0.717, 1.165) is 0 Å². The van der Waals surface area contributed by atoms with E-state index in [1.165, 1.54) is 6.92 Å². The van der Waals surface area contributed by atoms with E-state index in [9.17, 15) is 14.4 Å². The number of Topliss-reactive ketones (excluding diaryl/α,β-unsaturated/α-hetero) is 1. The number of hydrogen-bond acceptors (Lipinski definition) is 6. The SMILES string of the molecule is CCOc1ccc(C(=O)CCC(=O)O[C@@H](C)C(=O)Nc2ccc(C#N)cc2)cc1. The second-order valence-electron chi connectivity index (χ2n) is 6.19. The van der Waals surface area contributed by atoms with Crippen LogP contribution < -0.4 is 10.1 Å². The summed E-state index contributed by atoms with van der Waals surface area (Å²) in [7, 11) is 0. The third kappa shape index (κ3) is 6.78. The van der Waals surface area contributed by atoms with Gasteiger partial charge in [-0.25, -0.2) is 0 Å². The fraction of sp³-hybridized carbons (Fsp3) is 0.273. The maximum absolute atomic E-state index is 12.2. The highest BCUT2D eigenvalue weighted by Gasteiger charge is 2.19. The largest absolute Gasteiger partial charge is 0.494 e. The highest BCUT2D eigenvalue weighted by Crippen LogP contribution is 2.15. The fourth-order valence-corrected chi connectivity index (χ4v) is 2.45. The molecule has 0 aromatic heterocycles. The van der Waals surface area contributed by atoms with Gasteiger partial charge < -0.3 is 14.8 Å². The molecule has 0 aliphatic heterocycles. The lowest BCUT2D eigenvalue weighted by Crippen LogP contribution is -2.30. The van der Waals surface area contributed by atoms with Gasteiger partial charge in [0.15, 0.2) is 11.9 Å². The minimum absolute atomic E-state index is 0.0171. The molecule has 0 spiro atoms. The highest BCUT2D eigenvalue weighted by atomic mass is 16.5. The number of ether oxygens (including phenoxy) is 2. The van der Waals surface area contributed by atoms with Crippen molar-refractivity contribution in [3.05, 3.63) is 59.7 Å². The van der Waals surface area contributed by atoms with Crippen LogP contribution in [-0.4, -0.2) is 30.4 Å². The van der Waals surface area contributed by atoms with E-state index in [1.807, 2.05) is 13.0 Å². The molecule has 7 nitrogen and oxygen atoms in total. The van der Waals surface area contributed by atoms with Gasteiger partial charge in [0, 0.05) is 17.7 Å². The molecule has 1 amide bonds. The molecule has 0 fully saturated rings. The van der Waals surface area contributed by atoms with Crippen LogP contribution in [0.5, 0.6) is 5.75 Å². The van der Waals surface area contributed by atoms with Crippen LogP contribution in [0.3, 0.4) is 0 Å². The number of esters is 1. The molecule has 2 aromatic rings. The molecule has 2 rings (SSSR count). The first-order valence-electron chi connectivity index (χ1n) is 9.19. The Balaban J connectivity index is 1.79. The third-order valence-electron chi connectivity index (χ3n) is 4.00. The van der Waals surface area contributed by atoms with Gasteiger partial charge in [-0.2, -0.15) is 5.26 Å². The number of nitrogens with one attached hydrogen (secondary N) is 1. The molecular weight excluding hydrogens is 372 g/mol. The molecular formula is C22H22N2O5. The van der Waals surface area contributed by atoms with Gasteiger partial charge in [0.1, 0.15) is 5.75 Å². The third-order valence-corrected chi connectivity index (χ3v) is 4.00. The molecule has 2 aromatic carbocycles. The molecule has 0 saturated carbocycles. The van der Waals surface area contributed by atoms with Crippen LogP contribution >= 0.6 is 0 Å². The zero-order chi connectivity index (χ0) is 21.2. The summed E-state index contributed by atoms with van der Waals surface area (Å²) in [6.07, 6.45) is -1.16. The Morgan fingerprint density at radius 2 is 1.69 bits per heavy atom. The van der Waals surface area contributed by atoms with Crippen molar-refractivity contribution >= 4 is 23.3 Å². The standard InChI is InChI=1S/C22H22N2O5/c1-3-28-19-10-6-17(7-11-19)20(25)12-13-21(26)29-15(2)22(27)24-18-8-4-16(14-23)5-9-18/h4-11,15H,3,12-13H2,1-2H3,(H,24,27)/t15-/m0/s1. The van der Waals surface area contributed by atoms with Crippen LogP contribution in [0.15, 0.2) is 48.5 Å². The predicted molar refractivity (Wildman–Crippen MR) is 107 cm³/mol. The Morgan fingerprint density at radius 1 is 1.03 bits per heavy atom. The number of carbonyl (C=O) groups excluding carboxylic acids is 3. The molecule has 0 radical (unpaired) electrons. The van der Waals surface area contributed by atoms with Crippen LogP contribution in [-0.2, 0) is 14.3 Å². The van der Waals surface area contributed by atoms with Gasteiger partial charge in [0.2, 0.25) is 0 Å². The number of amides is 1. The van der Waals surface area contributed by atoms with Crippen LogP contribution in [0.25, 0.3) is 0 Å². The van der Waals surface area contributed by atoms with Crippen molar-refractivity contribution in [1.82, 2.24) is 0 Å². The number of rotatable bonds is 9. The van der Waals surface area contributed by atoms with Crippen molar-refractivity contribution in [2.45, 2.75) is 32.8 Å². The van der Waals surface area contributed by atoms with Gasteiger partial charge in [0.25, 0.3) is 5.91 Å². The number of carbonyl (C=O) groups is 3. The Kier molecular flexibility index (Phi) is 7.92. The first kappa shape index (κ1) is 21.6. The summed E-state index contributed by atoms with van der Waals surface area (Å²) in [5, 5.41) is 11.4. The van der Waals surface area contributed by atoms with E-state index in [-0.39, 0.29) is 18.6 Å². The molecule has 0 unspecified atom stereocenters. The van der Waals surface area contributed by atoms with E-state index in [0.29, 0.717) is 29.2 Å². The topological polar surface area (TPSA) is 105 Å². The first-order chi connectivity index (χ1) is 13.9. The Morgan fingerprint density at radius 3 is 2.28 bits per heavy atom. The van der Waals surface area contributed by atoms with Crippen LogP contribution in [0.4, 0.5) is 5.69 Å². The van der Waals surface area contributed by atoms with E-state index in [2.05, 4.69) is 5.32 Å². The molecule has 0 saturated heterocycles. The number of benzene rings is 2. The lowest BCUT2D eigenvalue weighted by atomic mass is 10.1. The van der Waals surface area contributed by atoms with Crippen molar-refractivity contribution in [2.24, 2.45) is 0 Å². The Hall–Kier alpha value is -3.66. The smallest absolute Gasteiger partial charge is 0.307 e. The van der Waals surface area contributed by atoms with E-state index in [1.54, 1.807) is 48.5 Å². The second kappa shape index (κ2) is 10.6. The summed E-state index contributed by atoms with van der Waals surface area (Å²) in [5.41, 5.74) is 1.44. The minimum atomic E-state index is -1.02. The normalized spacial score (nSPS) is 11.1. The molecule has 0 heterocycles. The van der Waals surface area contributed by atoms with E-state index in [4.69, 9.17) is 14.7 Å². The van der Waals surface area contributed by atoms with Gasteiger partial charge in [0.05, 0.1) is 24.7 Å². The van der Waals surface area contributed by atoms with Crippen molar-refractivity contribution in [1.29, 1.82) is 5.26 Å². The maximum Gasteiger partial charge on any atom is 0.307 e. The summed E-state index contributed by atoms with van der Waals surface area (Å²) in [5.74, 6) is -0.655. The molecule has 7 heteroatoms. The van der Waals surface area contributed by atoms with Crippen LogP contribution in [0, 0.1) is 11.3 Å². The molecule has 0 aliphatic rings. The second-order valence-corrected chi connectivity index (χ2v) is 6.19. The predicted octanol–water partition coefficient (Wildman–Crippen LogP) is 3.49. The molecule has 1 N–H and O–H groups in total. The lowest BCUT2D eigenvalue weighted by Gasteiger charge is -2.13. The van der Waals surface area contributed by atoms with Gasteiger partial charge in [-0.05, 0) is 62.4 Å². The van der Waals surface area contributed by atoms with Gasteiger partial charge in [-0.1, -0.05) is 0 Å². The Labute approximate surface area is 169 Å². The molecule has 0 aliphatic carbocycles. The minimum Gasteiger partial charge on any atom is -0.494 e. The fourth-order valence-electron chi connectivity index (χ4n) is 2.45. The summed E-state index contributed by atoms with van der Waals surface area (Å²) in [6, 6.07) is 15.0. The summed E-state index contributed by atoms with van der Waals surface area (Å²) in [4.78, 5) is 36.3. The van der Waals surface area contributed by atoms with E-state index < -0.39 is 18.0 Å². The number of nitriles is 1. The molecule has 1 atom stereocenters. The Bertz CT molecular complexity index is 898. The first-order valence-corrected chi connectivity index (χ1v) is 9.19. The van der Waals surface area contributed by atoms with Gasteiger partial charge >= 0.3 is 5.97 Å². The van der Waals surface area contributed by atoms with Crippen molar-refractivity contribution < 1.29 is 23.9 Å². The zero-order valence-electron chi connectivity index (χ0n) is 16.3. The summed E-state index contributed by atoms with van der Waals surface area (Å²) in [6.45, 7) is 3.86. The van der Waals surface area contributed by atoms with Gasteiger partial charge in [-0.3, -0.25) is 14.4 Å². The summed E-state index contributed by atoms with van der Waals surface area (Å²) < 4.78 is 10.4. The average Bonchev–Trinajstić information content (AvgIpc) is 2.73. The van der Waals surface area contributed by atoms with Crippen LogP contribution in [0.2, 0.25) is 0 Å². The van der Waals surface area contributed by atoms with E-state index >= 15 is 0 Å². The number of ketones is 1. The number of hydrogen-bond donors (Lipinski definition) is 1. The van der Waals surface area contributed by atoms with Crippen molar-refractivity contribution in [3.63, 3.8) is 0 Å². The molecule has 29 heavy (non-hydrogen) atoms. The molecule has 150 valence electrons. The van der Waals surface area contributed by atoms with Crippen LogP contribution in [0.1, 0.15) is 42.6 Å². The maximum atomic E-state index is 12.2. The highest BCUT2D eigenvalue weighted by molar-refractivity contribution is 5.98.